The number of hydrogen-bond donors (Lipinski definition) is 0. The van der Waals surface area contributed by atoms with Crippen LogP contribution in [0.15, 0.2) is 48.5 Å². The molecule has 0 aliphatic heterocycles. The van der Waals surface area contributed by atoms with Crippen LogP contribution in [-0.4, -0.2) is 11.9 Å². The van der Waals surface area contributed by atoms with Crippen LogP contribution in [0.5, 0.6) is 11.5 Å². The average Bonchev–Trinajstić information content (AvgIpc) is 2.96. The molecule has 0 radical (unpaired) electrons. The lowest BCUT2D eigenvalue weighted by Gasteiger charge is -2.11. The minimum absolute atomic E-state index is 0.329. The Morgan fingerprint density at radius 3 is 1.00 bits per heavy atom. The van der Waals surface area contributed by atoms with Crippen molar-refractivity contribution in [1.82, 2.24) is 0 Å². The molecule has 0 aliphatic carbocycles. The minimum Gasteiger partial charge on any atom is -0.423 e. The summed E-state index contributed by atoms with van der Waals surface area (Å²) >= 11 is 0. The van der Waals surface area contributed by atoms with Crippen LogP contribution >= 0.6 is 0 Å². The van der Waals surface area contributed by atoms with Gasteiger partial charge < -0.3 is 9.47 Å². The van der Waals surface area contributed by atoms with Crippen molar-refractivity contribution in [3.8, 4) is 11.5 Å². The summed E-state index contributed by atoms with van der Waals surface area (Å²) in [4.78, 5) is 24.5. The Labute approximate surface area is 226 Å². The van der Waals surface area contributed by atoms with Crippen LogP contribution in [0.1, 0.15) is 20.7 Å². The predicted octanol–water partition coefficient (Wildman–Crippen LogP) is 7.82. The smallest absolute Gasteiger partial charge is 0.349 e. The van der Waals surface area contributed by atoms with Gasteiger partial charge in [0.15, 0.2) is 46.5 Å². The molecule has 0 unspecified atom stereocenters. The first-order valence-corrected chi connectivity index (χ1v) is 11.3. The molecule has 0 spiro atoms. The molecule has 0 N–H and O–H groups in total. The molecule has 0 saturated heterocycles. The molecule has 4 nitrogen and oxygen atoms in total. The molecule has 0 bridgehead atoms. The van der Waals surface area contributed by atoms with Gasteiger partial charge in [0.05, 0.1) is 0 Å². The van der Waals surface area contributed by atoms with Crippen molar-refractivity contribution in [2.75, 3.05) is 0 Å². The SMILES string of the molecule is O=C(Oc1ccc2c(ccc3cc(OC(=O)c4c(F)c(F)c(F)c(F)c4F)ccc32)c1)c1c(F)c(F)c(F)c(F)c1F. The van der Waals surface area contributed by atoms with Gasteiger partial charge in [0.25, 0.3) is 0 Å². The average molecular weight is 598 g/mol. The highest BCUT2D eigenvalue weighted by Crippen LogP contribution is 2.32. The quantitative estimate of drug-likeness (QED) is 0.0529. The van der Waals surface area contributed by atoms with Gasteiger partial charge in [-0.15, -0.1) is 0 Å². The van der Waals surface area contributed by atoms with Crippen molar-refractivity contribution in [1.29, 1.82) is 0 Å². The third kappa shape index (κ3) is 4.54. The zero-order valence-electron chi connectivity index (χ0n) is 20.0. The number of carbonyl (C=O) groups excluding carboxylic acids is 2. The first-order valence-electron chi connectivity index (χ1n) is 11.3. The van der Waals surface area contributed by atoms with E-state index in [0.717, 1.165) is 12.1 Å². The van der Waals surface area contributed by atoms with Crippen LogP contribution < -0.4 is 9.47 Å². The lowest BCUT2D eigenvalue weighted by Crippen LogP contribution is -2.17. The molecule has 5 rings (SSSR count). The highest BCUT2D eigenvalue weighted by atomic mass is 19.2. The fourth-order valence-corrected chi connectivity index (χ4v) is 4.04. The maximum absolute atomic E-state index is 13.9. The van der Waals surface area contributed by atoms with Crippen LogP contribution in [0.2, 0.25) is 0 Å². The monoisotopic (exact) mass is 598 g/mol. The largest absolute Gasteiger partial charge is 0.423 e. The third-order valence-electron chi connectivity index (χ3n) is 6.03. The van der Waals surface area contributed by atoms with E-state index in [4.69, 9.17) is 9.47 Å². The second kappa shape index (κ2) is 10.4. The van der Waals surface area contributed by atoms with E-state index in [1.807, 2.05) is 0 Å². The molecule has 5 aromatic rings. The summed E-state index contributed by atoms with van der Waals surface area (Å²) in [6.07, 6.45) is 0. The van der Waals surface area contributed by atoms with Crippen molar-refractivity contribution in [2.24, 2.45) is 0 Å². The Bertz CT molecular complexity index is 1790. The van der Waals surface area contributed by atoms with Crippen molar-refractivity contribution in [2.45, 2.75) is 0 Å². The van der Waals surface area contributed by atoms with E-state index in [0.29, 0.717) is 21.5 Å². The van der Waals surface area contributed by atoms with Gasteiger partial charge in [-0.05, 0) is 45.8 Å². The van der Waals surface area contributed by atoms with Gasteiger partial charge in [-0.25, -0.2) is 53.5 Å². The first-order chi connectivity index (χ1) is 19.8. The molecule has 0 saturated carbocycles. The van der Waals surface area contributed by atoms with Crippen LogP contribution in [0.4, 0.5) is 43.9 Å². The first kappa shape index (κ1) is 28.4. The van der Waals surface area contributed by atoms with E-state index >= 15 is 0 Å². The minimum atomic E-state index is -2.45. The molecular weight excluding hydrogens is 590 g/mol. The summed E-state index contributed by atoms with van der Waals surface area (Å²) in [6, 6.07) is 10.3. The Morgan fingerprint density at radius 2 is 0.690 bits per heavy atom. The van der Waals surface area contributed by atoms with Crippen LogP contribution in [0.3, 0.4) is 0 Å². The van der Waals surface area contributed by atoms with Gasteiger partial charge >= 0.3 is 11.9 Å². The fraction of sp³-hybridized carbons (Fsp3) is 0. The maximum atomic E-state index is 13.9. The number of fused-ring (bicyclic) bond motifs is 3. The molecule has 0 fully saturated rings. The number of hydrogen-bond acceptors (Lipinski definition) is 4. The van der Waals surface area contributed by atoms with E-state index in [2.05, 4.69) is 0 Å². The highest BCUT2D eigenvalue weighted by Gasteiger charge is 2.32. The van der Waals surface area contributed by atoms with Crippen LogP contribution in [0, 0.1) is 58.2 Å². The number of rotatable bonds is 4. The molecule has 0 amide bonds. The van der Waals surface area contributed by atoms with E-state index < -0.39 is 81.2 Å². The molecule has 14 heteroatoms. The van der Waals surface area contributed by atoms with Gasteiger partial charge in [0.2, 0.25) is 11.6 Å². The van der Waals surface area contributed by atoms with Gasteiger partial charge in [-0.2, -0.15) is 0 Å². The van der Waals surface area contributed by atoms with Crippen LogP contribution in [0.25, 0.3) is 21.5 Å². The van der Waals surface area contributed by atoms with Crippen molar-refractivity contribution < 1.29 is 63.0 Å². The fourth-order valence-electron chi connectivity index (χ4n) is 4.04. The Balaban J connectivity index is 1.43. The summed E-state index contributed by atoms with van der Waals surface area (Å²) in [5.41, 5.74) is -3.59. The lowest BCUT2D eigenvalue weighted by atomic mass is 10.0. The maximum Gasteiger partial charge on any atom is 0.349 e. The van der Waals surface area contributed by atoms with Gasteiger partial charge in [0, 0.05) is 0 Å². The molecule has 42 heavy (non-hydrogen) atoms. The summed E-state index contributed by atoms with van der Waals surface area (Å²) in [7, 11) is 0. The number of benzene rings is 5. The normalized spacial score (nSPS) is 11.3. The molecule has 5 aromatic carbocycles. The standard InChI is InChI=1S/C28H8F10O4/c29-17-15(18(30)22(34)25(37)21(17)33)27(39)41-11-3-5-13-9(7-11)1-2-10-8-12(4-6-14(10)13)42-28(40)16-19(31)23(35)26(38)24(36)20(16)32/h1-8H. The lowest BCUT2D eigenvalue weighted by molar-refractivity contribution is 0.0711. The zero-order chi connectivity index (χ0) is 30.6. The summed E-state index contributed by atoms with van der Waals surface area (Å²) in [6.45, 7) is 0. The van der Waals surface area contributed by atoms with E-state index in [1.165, 1.54) is 36.4 Å². The summed E-state index contributed by atoms with van der Waals surface area (Å²) in [5.74, 6) is -28.1. The predicted molar refractivity (Wildman–Crippen MR) is 124 cm³/mol. The van der Waals surface area contributed by atoms with E-state index in [1.54, 1.807) is 0 Å². The molecule has 0 atom stereocenters. The van der Waals surface area contributed by atoms with Crippen molar-refractivity contribution >= 4 is 33.5 Å². The van der Waals surface area contributed by atoms with Crippen molar-refractivity contribution in [3.05, 3.63) is 118 Å². The molecular formula is C28H8F10O4. The third-order valence-corrected chi connectivity index (χ3v) is 6.03. The van der Waals surface area contributed by atoms with Gasteiger partial charge in [-0.1, -0.05) is 24.3 Å². The number of halogens is 10. The topological polar surface area (TPSA) is 52.6 Å². The number of carbonyl (C=O) groups is 2. The van der Waals surface area contributed by atoms with E-state index in [9.17, 15) is 53.5 Å². The van der Waals surface area contributed by atoms with Crippen molar-refractivity contribution in [3.63, 3.8) is 0 Å². The second-order valence-electron chi connectivity index (χ2n) is 8.50. The Hall–Kier alpha value is -5.14. The molecule has 214 valence electrons. The Morgan fingerprint density at radius 1 is 0.405 bits per heavy atom. The van der Waals surface area contributed by atoms with Crippen LogP contribution in [-0.2, 0) is 0 Å². The molecule has 0 aromatic heterocycles. The Kier molecular flexibility index (Phi) is 7.00. The highest BCUT2D eigenvalue weighted by molar-refractivity contribution is 6.08. The number of esters is 2. The van der Waals surface area contributed by atoms with Gasteiger partial charge in [0.1, 0.15) is 22.6 Å². The zero-order valence-corrected chi connectivity index (χ0v) is 20.0. The number of ether oxygens (including phenoxy) is 2. The molecule has 0 heterocycles. The summed E-state index contributed by atoms with van der Waals surface area (Å²) in [5, 5.41) is 1.58. The molecule has 0 aliphatic rings. The summed E-state index contributed by atoms with van der Waals surface area (Å²) < 4.78 is 146. The van der Waals surface area contributed by atoms with Gasteiger partial charge in [-0.3, -0.25) is 0 Å². The second-order valence-corrected chi connectivity index (χ2v) is 8.50. The van der Waals surface area contributed by atoms with E-state index in [-0.39, 0.29) is 11.5 Å².